The van der Waals surface area contributed by atoms with Gasteiger partial charge in [0.15, 0.2) is 0 Å². The molecule has 144 valence electrons. The Hall–Kier alpha value is -2.58. The number of fused-ring (bicyclic) bond motifs is 1. The van der Waals surface area contributed by atoms with Crippen LogP contribution in [-0.4, -0.2) is 13.1 Å². The van der Waals surface area contributed by atoms with E-state index in [4.69, 9.17) is 4.74 Å². The summed E-state index contributed by atoms with van der Waals surface area (Å²) in [7, 11) is 0. The van der Waals surface area contributed by atoms with Crippen molar-refractivity contribution in [1.29, 1.82) is 0 Å². The van der Waals surface area contributed by atoms with Crippen molar-refractivity contribution in [2.24, 2.45) is 5.92 Å². The molecule has 0 saturated carbocycles. The highest BCUT2D eigenvalue weighted by molar-refractivity contribution is 5.63. The zero-order chi connectivity index (χ0) is 19.2. The molecule has 1 atom stereocenters. The van der Waals surface area contributed by atoms with Crippen LogP contribution < -0.4 is 10.1 Å². The van der Waals surface area contributed by atoms with E-state index in [1.54, 1.807) is 0 Å². The minimum Gasteiger partial charge on any atom is -0.489 e. The molecule has 0 amide bonds. The third kappa shape index (κ3) is 4.63. The van der Waals surface area contributed by atoms with Crippen LogP contribution in [0.4, 0.5) is 0 Å². The first kappa shape index (κ1) is 18.8. The van der Waals surface area contributed by atoms with E-state index in [1.165, 1.54) is 40.7 Å². The van der Waals surface area contributed by atoms with Crippen LogP contribution in [0.2, 0.25) is 0 Å². The van der Waals surface area contributed by atoms with Crippen LogP contribution in [-0.2, 0) is 19.4 Å². The number of nitrogens with one attached hydrogen (secondary N) is 1. The fourth-order valence-electron chi connectivity index (χ4n) is 4.01. The molecule has 2 nitrogen and oxygen atoms in total. The minimum atomic E-state index is 0.608. The first-order valence-electron chi connectivity index (χ1n) is 10.4. The molecule has 0 spiro atoms. The van der Waals surface area contributed by atoms with Crippen molar-refractivity contribution >= 4 is 0 Å². The fraction of sp³-hybridized carbons (Fsp3) is 0.308. The lowest BCUT2D eigenvalue weighted by molar-refractivity contribution is 0.305. The molecule has 28 heavy (non-hydrogen) atoms. The quantitative estimate of drug-likeness (QED) is 0.580. The Balaban J connectivity index is 1.35. The van der Waals surface area contributed by atoms with Crippen molar-refractivity contribution in [2.45, 2.75) is 32.8 Å². The van der Waals surface area contributed by atoms with Crippen molar-refractivity contribution in [2.75, 3.05) is 13.1 Å². The Morgan fingerprint density at radius 3 is 2.46 bits per heavy atom. The van der Waals surface area contributed by atoms with E-state index in [1.807, 2.05) is 6.07 Å². The summed E-state index contributed by atoms with van der Waals surface area (Å²) in [6.07, 6.45) is 3.61. The minimum absolute atomic E-state index is 0.608. The molecule has 0 radical (unpaired) electrons. The predicted molar refractivity (Wildman–Crippen MR) is 117 cm³/mol. The summed E-state index contributed by atoms with van der Waals surface area (Å²) in [6.45, 7) is 4.97. The molecule has 0 fully saturated rings. The Morgan fingerprint density at radius 1 is 0.893 bits per heavy atom. The van der Waals surface area contributed by atoms with Crippen LogP contribution in [0.15, 0.2) is 72.8 Å². The number of hydrogen-bond donors (Lipinski definition) is 1. The molecule has 1 unspecified atom stereocenters. The molecule has 3 aromatic rings. The predicted octanol–water partition coefficient (Wildman–Crippen LogP) is 5.65. The third-order valence-electron chi connectivity index (χ3n) is 5.66. The number of benzene rings is 3. The lowest BCUT2D eigenvalue weighted by Crippen LogP contribution is -2.27. The van der Waals surface area contributed by atoms with Gasteiger partial charge in [0.2, 0.25) is 0 Å². The zero-order valence-electron chi connectivity index (χ0n) is 16.7. The third-order valence-corrected chi connectivity index (χ3v) is 5.66. The van der Waals surface area contributed by atoms with E-state index in [9.17, 15) is 0 Å². The molecule has 0 bridgehead atoms. The van der Waals surface area contributed by atoms with Crippen LogP contribution >= 0.6 is 0 Å². The van der Waals surface area contributed by atoms with Crippen LogP contribution in [0.25, 0.3) is 11.1 Å². The van der Waals surface area contributed by atoms with E-state index < -0.39 is 0 Å². The molecule has 0 saturated heterocycles. The summed E-state index contributed by atoms with van der Waals surface area (Å²) in [4.78, 5) is 0. The second kappa shape index (κ2) is 9.07. The Bertz CT molecular complexity index is 886. The maximum absolute atomic E-state index is 6.08. The lowest BCUT2D eigenvalue weighted by atomic mass is 9.84. The highest BCUT2D eigenvalue weighted by Gasteiger charge is 2.18. The van der Waals surface area contributed by atoms with Crippen LogP contribution in [0.5, 0.6) is 5.75 Å². The molecular formula is C26H29NO. The summed E-state index contributed by atoms with van der Waals surface area (Å²) in [5, 5.41) is 3.49. The van der Waals surface area contributed by atoms with E-state index in [0.717, 1.165) is 31.2 Å². The van der Waals surface area contributed by atoms with Crippen LogP contribution in [0.3, 0.4) is 0 Å². The first-order chi connectivity index (χ1) is 13.8. The van der Waals surface area contributed by atoms with Crippen LogP contribution in [0, 0.1) is 5.92 Å². The fourth-order valence-corrected chi connectivity index (χ4v) is 4.01. The second-order valence-electron chi connectivity index (χ2n) is 7.70. The van der Waals surface area contributed by atoms with Gasteiger partial charge in [0, 0.05) is 0 Å². The van der Waals surface area contributed by atoms with Crippen LogP contribution in [0.1, 0.15) is 30.0 Å². The molecule has 2 heteroatoms. The second-order valence-corrected chi connectivity index (χ2v) is 7.70. The average molecular weight is 372 g/mol. The molecule has 0 aromatic heterocycles. The van der Waals surface area contributed by atoms with Gasteiger partial charge in [0.25, 0.3) is 0 Å². The van der Waals surface area contributed by atoms with Gasteiger partial charge in [-0.3, -0.25) is 0 Å². The SMILES string of the molecule is CCNCC1CCc2cc(OCc3ccc(-c4ccccc4)cc3)ccc2C1. The first-order valence-corrected chi connectivity index (χ1v) is 10.4. The largest absolute Gasteiger partial charge is 0.489 e. The van der Waals surface area contributed by atoms with Gasteiger partial charge < -0.3 is 10.1 Å². The molecule has 0 heterocycles. The van der Waals surface area contributed by atoms with Gasteiger partial charge in [-0.25, -0.2) is 0 Å². The standard InChI is InChI=1S/C26H29NO/c1-2-27-18-21-10-13-25-17-26(15-14-24(25)16-21)28-19-20-8-11-23(12-9-20)22-6-4-3-5-7-22/h3-9,11-12,14-15,17,21,27H,2,10,13,16,18-19H2,1H3. The van der Waals surface area contributed by atoms with Gasteiger partial charge in [-0.05, 0) is 78.2 Å². The smallest absolute Gasteiger partial charge is 0.120 e. The molecule has 1 N–H and O–H groups in total. The van der Waals surface area contributed by atoms with E-state index >= 15 is 0 Å². The molecule has 3 aromatic carbocycles. The maximum atomic E-state index is 6.08. The summed E-state index contributed by atoms with van der Waals surface area (Å²) in [5.41, 5.74) is 6.64. The number of aryl methyl sites for hydroxylation is 1. The van der Waals surface area contributed by atoms with E-state index in [0.29, 0.717) is 6.61 Å². The lowest BCUT2D eigenvalue weighted by Gasteiger charge is -2.25. The summed E-state index contributed by atoms with van der Waals surface area (Å²) >= 11 is 0. The summed E-state index contributed by atoms with van der Waals surface area (Å²) in [6, 6.07) is 25.8. The molecule has 4 rings (SSSR count). The molecular weight excluding hydrogens is 342 g/mol. The monoisotopic (exact) mass is 371 g/mol. The van der Waals surface area contributed by atoms with Gasteiger partial charge in [0.05, 0.1) is 0 Å². The van der Waals surface area contributed by atoms with Crippen molar-refractivity contribution in [1.82, 2.24) is 5.32 Å². The number of rotatable bonds is 7. The molecule has 1 aliphatic rings. The Morgan fingerprint density at radius 2 is 1.68 bits per heavy atom. The Labute approximate surface area is 168 Å². The normalized spacial score (nSPS) is 15.8. The molecule has 0 aliphatic heterocycles. The average Bonchev–Trinajstić information content (AvgIpc) is 2.77. The summed E-state index contributed by atoms with van der Waals surface area (Å²) in [5.74, 6) is 1.75. The number of hydrogen-bond acceptors (Lipinski definition) is 2. The van der Waals surface area contributed by atoms with Crippen molar-refractivity contribution < 1.29 is 4.74 Å². The van der Waals surface area contributed by atoms with Gasteiger partial charge in [-0.15, -0.1) is 0 Å². The molecule has 1 aliphatic carbocycles. The zero-order valence-corrected chi connectivity index (χ0v) is 16.7. The summed E-state index contributed by atoms with van der Waals surface area (Å²) < 4.78 is 6.08. The van der Waals surface area contributed by atoms with Gasteiger partial charge in [-0.1, -0.05) is 67.6 Å². The van der Waals surface area contributed by atoms with Gasteiger partial charge in [-0.2, -0.15) is 0 Å². The van der Waals surface area contributed by atoms with Crippen molar-refractivity contribution in [3.8, 4) is 16.9 Å². The highest BCUT2D eigenvalue weighted by Crippen LogP contribution is 2.29. The van der Waals surface area contributed by atoms with Gasteiger partial charge >= 0.3 is 0 Å². The van der Waals surface area contributed by atoms with E-state index in [2.05, 4.69) is 79.0 Å². The van der Waals surface area contributed by atoms with E-state index in [-0.39, 0.29) is 0 Å². The van der Waals surface area contributed by atoms with Gasteiger partial charge in [0.1, 0.15) is 12.4 Å². The number of ether oxygens (including phenoxy) is 1. The topological polar surface area (TPSA) is 21.3 Å². The Kier molecular flexibility index (Phi) is 6.08. The maximum Gasteiger partial charge on any atom is 0.120 e. The van der Waals surface area contributed by atoms with Crippen molar-refractivity contribution in [3.63, 3.8) is 0 Å². The van der Waals surface area contributed by atoms with Crippen molar-refractivity contribution in [3.05, 3.63) is 89.5 Å². The highest BCUT2D eigenvalue weighted by atomic mass is 16.5.